The van der Waals surface area contributed by atoms with Crippen LogP contribution < -0.4 is 11.2 Å². The second kappa shape index (κ2) is 4.80. The molecule has 0 radical (unpaired) electrons. The van der Waals surface area contributed by atoms with E-state index in [-0.39, 0.29) is 0 Å². The van der Waals surface area contributed by atoms with Crippen LogP contribution in [0.3, 0.4) is 0 Å². The lowest BCUT2D eigenvalue weighted by Gasteiger charge is -2.06. The molecule has 0 spiro atoms. The normalized spacial score (nSPS) is 11.1. The standard InChI is InChI=1S/C14H14N4O2/c1-17-9-15-12-11(17)13(19)16-14(20)18(12)8-7-10-5-3-2-4-6-10/h2-6,9H,7-8H2,1H3,(H,16,19,20). The van der Waals surface area contributed by atoms with Crippen LogP contribution in [0.4, 0.5) is 0 Å². The van der Waals surface area contributed by atoms with Gasteiger partial charge in [0.1, 0.15) is 0 Å². The van der Waals surface area contributed by atoms with E-state index in [0.717, 1.165) is 5.56 Å². The molecule has 0 atom stereocenters. The topological polar surface area (TPSA) is 72.7 Å². The van der Waals surface area contributed by atoms with E-state index in [1.165, 1.54) is 4.57 Å². The Bertz CT molecular complexity index is 858. The Kier molecular flexibility index (Phi) is 2.98. The summed E-state index contributed by atoms with van der Waals surface area (Å²) in [7, 11) is 1.73. The first kappa shape index (κ1) is 12.4. The van der Waals surface area contributed by atoms with Crippen LogP contribution in [-0.4, -0.2) is 19.1 Å². The van der Waals surface area contributed by atoms with Gasteiger partial charge in [-0.2, -0.15) is 0 Å². The molecule has 2 aromatic heterocycles. The molecule has 3 aromatic rings. The summed E-state index contributed by atoms with van der Waals surface area (Å²) < 4.78 is 3.12. The van der Waals surface area contributed by atoms with Crippen molar-refractivity contribution in [1.82, 2.24) is 19.1 Å². The number of hydrogen-bond acceptors (Lipinski definition) is 3. The summed E-state index contributed by atoms with van der Waals surface area (Å²) in [6.45, 7) is 0.479. The lowest BCUT2D eigenvalue weighted by Crippen LogP contribution is -2.31. The number of rotatable bonds is 3. The molecule has 6 nitrogen and oxygen atoms in total. The van der Waals surface area contributed by atoms with Crippen LogP contribution in [0.2, 0.25) is 0 Å². The number of aryl methyl sites for hydroxylation is 3. The summed E-state index contributed by atoms with van der Waals surface area (Å²) >= 11 is 0. The second-order valence-electron chi connectivity index (χ2n) is 4.67. The minimum absolute atomic E-state index is 0.402. The Balaban J connectivity index is 2.04. The van der Waals surface area contributed by atoms with Crippen LogP contribution in [0.15, 0.2) is 46.2 Å². The Morgan fingerprint density at radius 1 is 1.20 bits per heavy atom. The Morgan fingerprint density at radius 3 is 2.70 bits per heavy atom. The van der Waals surface area contributed by atoms with Crippen molar-refractivity contribution in [3.05, 3.63) is 63.1 Å². The van der Waals surface area contributed by atoms with Crippen molar-refractivity contribution in [3.8, 4) is 0 Å². The molecule has 20 heavy (non-hydrogen) atoms. The fourth-order valence-corrected chi connectivity index (χ4v) is 2.29. The number of hydrogen-bond donors (Lipinski definition) is 1. The molecule has 1 aromatic carbocycles. The van der Waals surface area contributed by atoms with Crippen molar-refractivity contribution >= 4 is 11.2 Å². The third-order valence-corrected chi connectivity index (χ3v) is 3.32. The van der Waals surface area contributed by atoms with E-state index in [1.807, 2.05) is 30.3 Å². The van der Waals surface area contributed by atoms with Crippen molar-refractivity contribution in [2.45, 2.75) is 13.0 Å². The zero-order chi connectivity index (χ0) is 14.1. The van der Waals surface area contributed by atoms with Crippen molar-refractivity contribution in [3.63, 3.8) is 0 Å². The molecular formula is C14H14N4O2. The summed E-state index contributed by atoms with van der Waals surface area (Å²) in [5.41, 5.74) is 1.16. The van der Waals surface area contributed by atoms with Crippen LogP contribution in [-0.2, 0) is 20.0 Å². The fraction of sp³-hybridized carbons (Fsp3) is 0.214. The maximum absolute atomic E-state index is 11.9. The summed E-state index contributed by atoms with van der Waals surface area (Å²) in [6.07, 6.45) is 2.25. The molecule has 3 rings (SSSR count). The summed E-state index contributed by atoms with van der Waals surface area (Å²) in [5, 5.41) is 0. The van der Waals surface area contributed by atoms with E-state index in [0.29, 0.717) is 24.1 Å². The van der Waals surface area contributed by atoms with E-state index in [4.69, 9.17) is 0 Å². The second-order valence-corrected chi connectivity index (χ2v) is 4.67. The molecule has 102 valence electrons. The van der Waals surface area contributed by atoms with Crippen molar-refractivity contribution in [1.29, 1.82) is 0 Å². The van der Waals surface area contributed by atoms with Gasteiger partial charge in [0.05, 0.1) is 6.33 Å². The highest BCUT2D eigenvalue weighted by molar-refractivity contribution is 5.69. The molecule has 0 bridgehead atoms. The summed E-state index contributed by atoms with van der Waals surface area (Å²) in [4.78, 5) is 30.2. The van der Waals surface area contributed by atoms with Crippen molar-refractivity contribution in [2.24, 2.45) is 7.05 Å². The predicted molar refractivity (Wildman–Crippen MR) is 75.7 cm³/mol. The molecule has 2 heterocycles. The summed E-state index contributed by atoms with van der Waals surface area (Å²) in [5.74, 6) is 0. The van der Waals surface area contributed by atoms with Gasteiger partial charge in [-0.05, 0) is 12.0 Å². The molecular weight excluding hydrogens is 256 g/mol. The summed E-state index contributed by atoms with van der Waals surface area (Å²) in [6, 6.07) is 9.88. The minimum Gasteiger partial charge on any atom is -0.328 e. The fourth-order valence-electron chi connectivity index (χ4n) is 2.29. The first-order valence-electron chi connectivity index (χ1n) is 6.35. The van der Waals surface area contributed by atoms with E-state index in [9.17, 15) is 9.59 Å². The van der Waals surface area contributed by atoms with Gasteiger partial charge in [0, 0.05) is 13.6 Å². The Hall–Kier alpha value is -2.63. The van der Waals surface area contributed by atoms with Gasteiger partial charge in [-0.25, -0.2) is 9.78 Å². The first-order valence-corrected chi connectivity index (χ1v) is 6.35. The zero-order valence-corrected chi connectivity index (χ0v) is 11.0. The largest absolute Gasteiger partial charge is 0.330 e. The molecule has 0 unspecified atom stereocenters. The predicted octanol–water partition coefficient (Wildman–Crippen LogP) is 0.666. The molecule has 0 saturated carbocycles. The Morgan fingerprint density at radius 2 is 1.95 bits per heavy atom. The molecule has 0 amide bonds. The van der Waals surface area contributed by atoms with Gasteiger partial charge in [-0.3, -0.25) is 14.3 Å². The first-order chi connectivity index (χ1) is 9.66. The average Bonchev–Trinajstić information content (AvgIpc) is 2.82. The minimum atomic E-state index is -0.419. The van der Waals surface area contributed by atoms with E-state index < -0.39 is 11.2 Å². The number of imidazole rings is 1. The zero-order valence-electron chi connectivity index (χ0n) is 11.0. The molecule has 0 aliphatic heterocycles. The van der Waals surface area contributed by atoms with E-state index in [2.05, 4.69) is 9.97 Å². The third kappa shape index (κ3) is 2.05. The molecule has 0 aliphatic carbocycles. The molecule has 0 saturated heterocycles. The van der Waals surface area contributed by atoms with E-state index in [1.54, 1.807) is 17.9 Å². The van der Waals surface area contributed by atoms with Gasteiger partial charge in [0.2, 0.25) is 0 Å². The lowest BCUT2D eigenvalue weighted by molar-refractivity contribution is 0.666. The van der Waals surface area contributed by atoms with Gasteiger partial charge in [0.25, 0.3) is 5.56 Å². The van der Waals surface area contributed by atoms with Crippen LogP contribution in [0.25, 0.3) is 11.2 Å². The van der Waals surface area contributed by atoms with Crippen LogP contribution >= 0.6 is 0 Å². The van der Waals surface area contributed by atoms with Gasteiger partial charge in [0.15, 0.2) is 11.2 Å². The maximum atomic E-state index is 11.9. The number of aromatic amines is 1. The lowest BCUT2D eigenvalue weighted by atomic mass is 10.1. The third-order valence-electron chi connectivity index (χ3n) is 3.32. The van der Waals surface area contributed by atoms with E-state index >= 15 is 0 Å². The number of aromatic nitrogens is 4. The Labute approximate surface area is 114 Å². The van der Waals surface area contributed by atoms with Crippen LogP contribution in [0.1, 0.15) is 5.56 Å². The van der Waals surface area contributed by atoms with Crippen molar-refractivity contribution < 1.29 is 0 Å². The highest BCUT2D eigenvalue weighted by atomic mass is 16.2. The quantitative estimate of drug-likeness (QED) is 0.760. The number of fused-ring (bicyclic) bond motifs is 1. The van der Waals surface area contributed by atoms with Gasteiger partial charge >= 0.3 is 5.69 Å². The smallest absolute Gasteiger partial charge is 0.328 e. The number of nitrogens with zero attached hydrogens (tertiary/aromatic N) is 3. The van der Waals surface area contributed by atoms with Gasteiger partial charge < -0.3 is 4.57 Å². The number of H-pyrrole nitrogens is 1. The molecule has 0 aliphatic rings. The number of nitrogens with one attached hydrogen (secondary N) is 1. The number of benzene rings is 1. The van der Waals surface area contributed by atoms with Crippen LogP contribution in [0.5, 0.6) is 0 Å². The maximum Gasteiger partial charge on any atom is 0.330 e. The van der Waals surface area contributed by atoms with Gasteiger partial charge in [-0.15, -0.1) is 0 Å². The van der Waals surface area contributed by atoms with Gasteiger partial charge in [-0.1, -0.05) is 30.3 Å². The highest BCUT2D eigenvalue weighted by Gasteiger charge is 2.11. The van der Waals surface area contributed by atoms with Crippen molar-refractivity contribution in [2.75, 3.05) is 0 Å². The average molecular weight is 270 g/mol. The molecule has 0 fully saturated rings. The highest BCUT2D eigenvalue weighted by Crippen LogP contribution is 2.06. The van der Waals surface area contributed by atoms with Crippen LogP contribution in [0, 0.1) is 0 Å². The molecule has 6 heteroatoms. The SMILES string of the molecule is Cn1cnc2c1c(=O)[nH]c(=O)n2CCc1ccccc1. The monoisotopic (exact) mass is 270 g/mol. The molecule has 1 N–H and O–H groups in total.